The van der Waals surface area contributed by atoms with Crippen molar-refractivity contribution in [1.82, 2.24) is 24.8 Å². The number of benzene rings is 3. The smallest absolute Gasteiger partial charge is 0.232 e. The van der Waals surface area contributed by atoms with Crippen LogP contribution in [0.15, 0.2) is 73.4 Å². The number of fused-ring (bicyclic) bond motifs is 2. The lowest BCUT2D eigenvalue weighted by Gasteiger charge is -2.36. The molecule has 0 radical (unpaired) electrons. The lowest BCUT2D eigenvalue weighted by atomic mass is 10.0. The van der Waals surface area contributed by atoms with E-state index in [9.17, 15) is 9.59 Å². The quantitative estimate of drug-likeness (QED) is 0.112. The van der Waals surface area contributed by atoms with Gasteiger partial charge in [0.25, 0.3) is 0 Å². The van der Waals surface area contributed by atoms with Crippen molar-refractivity contribution in [3.63, 3.8) is 0 Å². The number of ether oxygens (including phenoxy) is 1. The molecule has 0 atom stereocenters. The van der Waals surface area contributed by atoms with E-state index in [2.05, 4.69) is 16.5 Å². The number of amidine groups is 1. The predicted molar refractivity (Wildman–Crippen MR) is 161 cm³/mol. The topological polar surface area (TPSA) is 118 Å². The van der Waals surface area contributed by atoms with Crippen LogP contribution in [0.25, 0.3) is 39.4 Å². The average molecular weight is 547 g/mol. The van der Waals surface area contributed by atoms with Crippen molar-refractivity contribution in [2.45, 2.75) is 0 Å². The van der Waals surface area contributed by atoms with Gasteiger partial charge in [-0.3, -0.25) is 19.9 Å². The molecule has 2 aromatic heterocycles. The molecule has 3 aromatic carbocycles. The first-order chi connectivity index (χ1) is 20.0. The molecule has 9 nitrogen and oxygen atoms in total. The molecule has 0 bridgehead atoms. The zero-order chi connectivity index (χ0) is 28.5. The third-order valence-corrected chi connectivity index (χ3v) is 7.65. The molecule has 1 saturated heterocycles. The Morgan fingerprint density at radius 3 is 2.54 bits per heavy atom. The lowest BCUT2D eigenvalue weighted by molar-refractivity contribution is -0.116. The minimum Gasteiger partial charge on any atom is -0.496 e. The van der Waals surface area contributed by atoms with Crippen LogP contribution in [0.4, 0.5) is 0 Å². The Hall–Kier alpha value is -5.02. The molecule has 0 saturated carbocycles. The molecule has 3 heterocycles. The summed E-state index contributed by atoms with van der Waals surface area (Å²) < 4.78 is 5.59. The van der Waals surface area contributed by atoms with E-state index in [-0.39, 0.29) is 12.1 Å². The maximum absolute atomic E-state index is 13.4. The third-order valence-electron chi connectivity index (χ3n) is 7.65. The fourth-order valence-corrected chi connectivity index (χ4v) is 5.46. The number of rotatable bonds is 8. The molecular formula is C32H30N6O3. The zero-order valence-electron chi connectivity index (χ0n) is 22.7. The van der Waals surface area contributed by atoms with Crippen LogP contribution in [0.3, 0.4) is 0 Å². The number of ketones is 2. The molecule has 9 heteroatoms. The SMILES string of the molecule is C=Cc1ccccc1C(=N)N1CCN(CC(=O)C(=O)c2c[nH]c3c(-c4nc5ccccc5[nH]4)ccc(OC)c23)CC1. The van der Waals surface area contributed by atoms with Crippen LogP contribution in [-0.4, -0.2) is 82.0 Å². The highest BCUT2D eigenvalue weighted by molar-refractivity contribution is 6.46. The van der Waals surface area contributed by atoms with E-state index >= 15 is 0 Å². The number of nitrogens with one attached hydrogen (secondary N) is 3. The standard InChI is InChI=1S/C32H30N6O3/c1-3-20-8-4-5-9-21(20)31(33)38-16-14-37(15-17-38)19-26(39)30(40)23-18-34-29-22(12-13-27(41-2)28(23)29)32-35-24-10-6-7-11-25(24)36-32/h3-13,18,33-34H,1,14-17,19H2,2H3,(H,35,36). The normalized spacial score (nSPS) is 13.9. The average Bonchev–Trinajstić information content (AvgIpc) is 3.65. The first-order valence-electron chi connectivity index (χ1n) is 13.5. The summed E-state index contributed by atoms with van der Waals surface area (Å²) in [6.07, 6.45) is 3.33. The first kappa shape index (κ1) is 26.2. The van der Waals surface area contributed by atoms with Crippen LogP contribution in [0.1, 0.15) is 21.5 Å². The van der Waals surface area contributed by atoms with Crippen LogP contribution >= 0.6 is 0 Å². The Labute approximate surface area is 237 Å². The predicted octanol–water partition coefficient (Wildman–Crippen LogP) is 4.76. The number of hydrogen-bond donors (Lipinski definition) is 3. The van der Waals surface area contributed by atoms with Gasteiger partial charge in [0, 0.05) is 43.5 Å². The number of imidazole rings is 1. The minimum absolute atomic E-state index is 0.0154. The summed E-state index contributed by atoms with van der Waals surface area (Å²) in [6, 6.07) is 19.1. The number of carbonyl (C=O) groups is 2. The first-order valence-corrected chi connectivity index (χ1v) is 13.5. The van der Waals surface area contributed by atoms with E-state index in [1.54, 1.807) is 25.4 Å². The monoisotopic (exact) mass is 546 g/mol. The highest BCUT2D eigenvalue weighted by Gasteiger charge is 2.28. The Morgan fingerprint density at radius 1 is 1.02 bits per heavy atom. The number of aromatic nitrogens is 3. The third kappa shape index (κ3) is 4.81. The van der Waals surface area contributed by atoms with E-state index in [1.807, 2.05) is 64.4 Å². The van der Waals surface area contributed by atoms with Gasteiger partial charge < -0.3 is 19.6 Å². The van der Waals surface area contributed by atoms with Crippen LogP contribution in [0.2, 0.25) is 0 Å². The summed E-state index contributed by atoms with van der Waals surface area (Å²) in [4.78, 5) is 41.9. The summed E-state index contributed by atoms with van der Waals surface area (Å²) in [5, 5.41) is 9.24. The van der Waals surface area contributed by atoms with Gasteiger partial charge in [0.05, 0.1) is 41.2 Å². The number of para-hydroxylation sites is 2. The fourth-order valence-electron chi connectivity index (χ4n) is 5.46. The molecule has 1 aliphatic rings. The number of nitrogens with zero attached hydrogens (tertiary/aromatic N) is 3. The lowest BCUT2D eigenvalue weighted by Crippen LogP contribution is -2.50. The van der Waals surface area contributed by atoms with Crippen molar-refractivity contribution in [3.05, 3.63) is 90.1 Å². The van der Waals surface area contributed by atoms with Gasteiger partial charge in [-0.1, -0.05) is 49.1 Å². The Morgan fingerprint density at radius 2 is 1.78 bits per heavy atom. The summed E-state index contributed by atoms with van der Waals surface area (Å²) in [5.74, 6) is 0.553. The Bertz CT molecular complexity index is 1780. The van der Waals surface area contributed by atoms with E-state index in [0.29, 0.717) is 54.5 Å². The van der Waals surface area contributed by atoms with E-state index in [4.69, 9.17) is 15.1 Å². The summed E-state index contributed by atoms with van der Waals surface area (Å²) in [5.41, 5.74) is 5.22. The molecule has 6 rings (SSSR count). The van der Waals surface area contributed by atoms with Gasteiger partial charge in [-0.05, 0) is 29.8 Å². The largest absolute Gasteiger partial charge is 0.496 e. The van der Waals surface area contributed by atoms with Gasteiger partial charge in [0.2, 0.25) is 11.6 Å². The van der Waals surface area contributed by atoms with Crippen LogP contribution in [0, 0.1) is 5.41 Å². The summed E-state index contributed by atoms with van der Waals surface area (Å²) >= 11 is 0. The Kier molecular flexibility index (Phi) is 6.94. The van der Waals surface area contributed by atoms with Crippen molar-refractivity contribution in [1.29, 1.82) is 5.41 Å². The van der Waals surface area contributed by atoms with Crippen molar-refractivity contribution < 1.29 is 14.3 Å². The van der Waals surface area contributed by atoms with Crippen LogP contribution in [-0.2, 0) is 4.79 Å². The number of piperazine rings is 1. The molecule has 0 spiro atoms. The number of hydrogen-bond acceptors (Lipinski definition) is 6. The molecule has 41 heavy (non-hydrogen) atoms. The van der Waals surface area contributed by atoms with Crippen molar-refractivity contribution >= 4 is 45.4 Å². The second-order valence-electron chi connectivity index (χ2n) is 10.0. The van der Waals surface area contributed by atoms with Crippen LogP contribution in [0.5, 0.6) is 5.75 Å². The molecular weight excluding hydrogens is 516 g/mol. The number of methoxy groups -OCH3 is 1. The molecule has 0 aliphatic carbocycles. The molecule has 3 N–H and O–H groups in total. The highest BCUT2D eigenvalue weighted by atomic mass is 16.5. The minimum atomic E-state index is -0.564. The van der Waals surface area contributed by atoms with Gasteiger partial charge in [-0.25, -0.2) is 4.98 Å². The fraction of sp³-hybridized carbons (Fsp3) is 0.188. The second kappa shape index (κ2) is 10.9. The molecule has 0 unspecified atom stereocenters. The Balaban J connectivity index is 1.18. The van der Waals surface area contributed by atoms with Crippen molar-refractivity contribution in [2.75, 3.05) is 39.8 Å². The van der Waals surface area contributed by atoms with Crippen molar-refractivity contribution in [2.24, 2.45) is 0 Å². The molecule has 1 aliphatic heterocycles. The summed E-state index contributed by atoms with van der Waals surface area (Å²) in [6.45, 7) is 6.20. The maximum Gasteiger partial charge on any atom is 0.232 e. The molecule has 0 amide bonds. The van der Waals surface area contributed by atoms with Crippen molar-refractivity contribution in [3.8, 4) is 17.1 Å². The van der Waals surface area contributed by atoms with E-state index in [0.717, 1.165) is 27.7 Å². The van der Waals surface area contributed by atoms with Gasteiger partial charge in [-0.2, -0.15) is 0 Å². The van der Waals surface area contributed by atoms with Gasteiger partial charge >= 0.3 is 0 Å². The zero-order valence-corrected chi connectivity index (χ0v) is 22.7. The molecule has 5 aromatic rings. The maximum atomic E-state index is 13.4. The molecule has 1 fully saturated rings. The number of carbonyl (C=O) groups excluding carboxylic acids is 2. The van der Waals surface area contributed by atoms with Gasteiger partial charge in [0.15, 0.2) is 0 Å². The number of aromatic amines is 2. The van der Waals surface area contributed by atoms with E-state index in [1.165, 1.54) is 0 Å². The highest BCUT2D eigenvalue weighted by Crippen LogP contribution is 2.36. The van der Waals surface area contributed by atoms with Crippen LogP contribution < -0.4 is 4.74 Å². The second-order valence-corrected chi connectivity index (χ2v) is 10.0. The van der Waals surface area contributed by atoms with Gasteiger partial charge in [0.1, 0.15) is 17.4 Å². The number of Topliss-reactive ketones (excluding diaryl/α,β-unsaturated/α-hetero) is 2. The molecule has 206 valence electrons. The van der Waals surface area contributed by atoms with Gasteiger partial charge in [-0.15, -0.1) is 0 Å². The number of H-pyrrole nitrogens is 2. The summed E-state index contributed by atoms with van der Waals surface area (Å²) in [7, 11) is 1.54. The van der Waals surface area contributed by atoms with E-state index < -0.39 is 11.6 Å².